The summed E-state index contributed by atoms with van der Waals surface area (Å²) in [7, 11) is 0. The molecule has 1 saturated carbocycles. The maximum Gasteiger partial charge on any atom is 0.433 e. The lowest BCUT2D eigenvalue weighted by Gasteiger charge is -2.01. The molecule has 16 heavy (non-hydrogen) atoms. The normalized spacial score (nSPS) is 15.0. The van der Waals surface area contributed by atoms with E-state index in [9.17, 15) is 4.79 Å². The summed E-state index contributed by atoms with van der Waals surface area (Å²) in [5.74, 6) is 1.29. The molecule has 1 aliphatic rings. The van der Waals surface area contributed by atoms with Crippen LogP contribution in [0.4, 0.5) is 4.79 Å². The maximum atomic E-state index is 11.2. The van der Waals surface area contributed by atoms with Crippen molar-refractivity contribution < 1.29 is 9.53 Å². The molecule has 0 saturated heterocycles. The second-order valence-corrected chi connectivity index (χ2v) is 3.81. The van der Waals surface area contributed by atoms with Crippen LogP contribution in [0.15, 0.2) is 35.4 Å². The van der Waals surface area contributed by atoms with Crippen molar-refractivity contribution in [2.24, 2.45) is 11.0 Å². The number of carbonyl (C=O) groups is 1. The first-order chi connectivity index (χ1) is 7.84. The quantitative estimate of drug-likeness (QED) is 0.623. The minimum atomic E-state index is -0.557. The predicted octanol–water partition coefficient (Wildman–Crippen LogP) is 2.56. The van der Waals surface area contributed by atoms with Crippen LogP contribution in [0, 0.1) is 5.92 Å². The second-order valence-electron chi connectivity index (χ2n) is 3.81. The predicted molar refractivity (Wildman–Crippen MR) is 61.4 cm³/mol. The molecule has 1 aromatic rings. The van der Waals surface area contributed by atoms with Crippen LogP contribution in [-0.2, 0) is 0 Å². The summed E-state index contributed by atoms with van der Waals surface area (Å²) in [4.78, 5) is 11.2. The van der Waals surface area contributed by atoms with Crippen LogP contribution in [-0.4, -0.2) is 12.3 Å². The molecule has 0 aliphatic heterocycles. The Hall–Kier alpha value is -1.84. The van der Waals surface area contributed by atoms with Gasteiger partial charge in [-0.15, -0.1) is 0 Å². The van der Waals surface area contributed by atoms with Gasteiger partial charge in [0.25, 0.3) is 0 Å². The zero-order valence-electron chi connectivity index (χ0n) is 8.93. The van der Waals surface area contributed by atoms with Gasteiger partial charge in [-0.05, 0) is 37.3 Å². The highest BCUT2D eigenvalue weighted by Gasteiger charge is 2.19. The first kappa shape index (κ1) is 10.7. The Morgan fingerprint density at radius 1 is 1.44 bits per heavy atom. The van der Waals surface area contributed by atoms with E-state index in [4.69, 9.17) is 4.74 Å². The Bertz CT molecular complexity index is 372. The molecule has 1 amide bonds. The van der Waals surface area contributed by atoms with Gasteiger partial charge in [-0.1, -0.05) is 18.2 Å². The third-order valence-corrected chi connectivity index (χ3v) is 2.34. The monoisotopic (exact) mass is 218 g/mol. The number of benzene rings is 1. The van der Waals surface area contributed by atoms with Crippen molar-refractivity contribution in [1.82, 2.24) is 5.43 Å². The van der Waals surface area contributed by atoms with Gasteiger partial charge in [-0.3, -0.25) is 0 Å². The lowest BCUT2D eigenvalue weighted by Crippen LogP contribution is -2.21. The molecule has 0 aromatic heterocycles. The summed E-state index contributed by atoms with van der Waals surface area (Å²) in [5.41, 5.74) is 2.32. The highest BCUT2D eigenvalue weighted by molar-refractivity contribution is 5.71. The number of para-hydroxylation sites is 1. The van der Waals surface area contributed by atoms with Gasteiger partial charge < -0.3 is 4.74 Å². The lowest BCUT2D eigenvalue weighted by atomic mass is 10.3. The van der Waals surface area contributed by atoms with Crippen molar-refractivity contribution in [2.45, 2.75) is 19.3 Å². The van der Waals surface area contributed by atoms with Gasteiger partial charge >= 0.3 is 6.09 Å². The topological polar surface area (TPSA) is 50.7 Å². The zero-order chi connectivity index (χ0) is 11.2. The maximum absolute atomic E-state index is 11.2. The van der Waals surface area contributed by atoms with Crippen molar-refractivity contribution in [3.05, 3.63) is 30.3 Å². The Morgan fingerprint density at radius 3 is 2.88 bits per heavy atom. The number of nitrogens with one attached hydrogen (secondary N) is 1. The molecule has 4 heteroatoms. The molecular formula is C12H14N2O2. The Labute approximate surface area is 94.3 Å². The van der Waals surface area contributed by atoms with E-state index in [0.717, 1.165) is 12.3 Å². The summed E-state index contributed by atoms with van der Waals surface area (Å²) in [6.45, 7) is 0. The molecule has 0 spiro atoms. The zero-order valence-corrected chi connectivity index (χ0v) is 8.93. The molecule has 0 unspecified atom stereocenters. The van der Waals surface area contributed by atoms with Crippen LogP contribution in [0.5, 0.6) is 5.75 Å². The van der Waals surface area contributed by atoms with Crippen molar-refractivity contribution >= 4 is 12.3 Å². The third-order valence-electron chi connectivity index (χ3n) is 2.34. The number of hydrazone groups is 1. The van der Waals surface area contributed by atoms with Gasteiger partial charge in [0.05, 0.1) is 0 Å². The molecule has 0 heterocycles. The van der Waals surface area contributed by atoms with E-state index in [0.29, 0.717) is 5.75 Å². The summed E-state index contributed by atoms with van der Waals surface area (Å²) >= 11 is 0. The molecule has 1 aliphatic carbocycles. The fraction of sp³-hybridized carbons (Fsp3) is 0.333. The number of carbonyl (C=O) groups excluding carboxylic acids is 1. The number of hydrogen-bond acceptors (Lipinski definition) is 3. The molecule has 4 nitrogen and oxygen atoms in total. The van der Waals surface area contributed by atoms with E-state index in [1.807, 2.05) is 6.07 Å². The van der Waals surface area contributed by atoms with Crippen LogP contribution in [0.25, 0.3) is 0 Å². The van der Waals surface area contributed by atoms with Gasteiger partial charge in [0, 0.05) is 6.21 Å². The second kappa shape index (κ2) is 5.30. The Kier molecular flexibility index (Phi) is 3.53. The first-order valence-electron chi connectivity index (χ1n) is 5.39. The molecular weight excluding hydrogens is 204 g/mol. The molecule has 0 bridgehead atoms. The third kappa shape index (κ3) is 3.73. The van der Waals surface area contributed by atoms with Crippen LogP contribution in [0.2, 0.25) is 0 Å². The van der Waals surface area contributed by atoms with Gasteiger partial charge in [-0.25, -0.2) is 10.2 Å². The molecule has 0 atom stereocenters. The van der Waals surface area contributed by atoms with Crippen molar-refractivity contribution in [2.75, 3.05) is 0 Å². The standard InChI is InChI=1S/C12H14N2O2/c15-12(14-13-9-8-10-6-7-10)16-11-4-2-1-3-5-11/h1-5,9-10H,6-8H2,(H,14,15). The number of hydrogen-bond donors (Lipinski definition) is 1. The largest absolute Gasteiger partial charge is 0.433 e. The van der Waals surface area contributed by atoms with Crippen molar-refractivity contribution in [1.29, 1.82) is 0 Å². The van der Waals surface area contributed by atoms with Gasteiger partial charge in [0.1, 0.15) is 5.75 Å². The highest BCUT2D eigenvalue weighted by atomic mass is 16.6. The van der Waals surface area contributed by atoms with E-state index in [-0.39, 0.29) is 0 Å². The number of nitrogens with zero attached hydrogens (tertiary/aromatic N) is 1. The number of ether oxygens (including phenoxy) is 1. The summed E-state index contributed by atoms with van der Waals surface area (Å²) < 4.78 is 4.97. The van der Waals surface area contributed by atoms with Crippen LogP contribution >= 0.6 is 0 Å². The molecule has 84 valence electrons. The van der Waals surface area contributed by atoms with Crippen LogP contribution in [0.1, 0.15) is 19.3 Å². The summed E-state index contributed by atoms with van der Waals surface area (Å²) in [6.07, 6.45) is 4.66. The first-order valence-corrected chi connectivity index (χ1v) is 5.39. The number of amides is 1. The average Bonchev–Trinajstić information content (AvgIpc) is 3.10. The Balaban J connectivity index is 1.69. The van der Waals surface area contributed by atoms with Crippen molar-refractivity contribution in [3.63, 3.8) is 0 Å². The van der Waals surface area contributed by atoms with E-state index in [2.05, 4.69) is 10.5 Å². The molecule has 1 aromatic carbocycles. The van der Waals surface area contributed by atoms with Crippen molar-refractivity contribution in [3.8, 4) is 5.75 Å². The van der Waals surface area contributed by atoms with Gasteiger partial charge in [0.15, 0.2) is 0 Å². The van der Waals surface area contributed by atoms with Crippen LogP contribution < -0.4 is 10.2 Å². The van der Waals surface area contributed by atoms with E-state index >= 15 is 0 Å². The molecule has 1 fully saturated rings. The summed E-state index contributed by atoms with van der Waals surface area (Å²) in [5, 5.41) is 3.80. The minimum absolute atomic E-state index is 0.511. The van der Waals surface area contributed by atoms with Gasteiger partial charge in [-0.2, -0.15) is 5.10 Å². The fourth-order valence-electron chi connectivity index (χ4n) is 1.27. The molecule has 1 N–H and O–H groups in total. The SMILES string of the molecule is O=C(NN=CCC1CC1)Oc1ccccc1. The fourth-order valence-corrected chi connectivity index (χ4v) is 1.27. The van der Waals surface area contributed by atoms with Crippen LogP contribution in [0.3, 0.4) is 0 Å². The minimum Gasteiger partial charge on any atom is -0.409 e. The number of rotatable bonds is 4. The van der Waals surface area contributed by atoms with Gasteiger partial charge in [0.2, 0.25) is 0 Å². The van der Waals surface area contributed by atoms with E-state index in [1.165, 1.54) is 12.8 Å². The lowest BCUT2D eigenvalue weighted by molar-refractivity contribution is 0.201. The Morgan fingerprint density at radius 2 is 2.19 bits per heavy atom. The molecule has 2 rings (SSSR count). The average molecular weight is 218 g/mol. The highest BCUT2D eigenvalue weighted by Crippen LogP contribution is 2.31. The van der Waals surface area contributed by atoms with E-state index in [1.54, 1.807) is 30.5 Å². The molecule has 0 radical (unpaired) electrons. The van der Waals surface area contributed by atoms with E-state index < -0.39 is 6.09 Å². The summed E-state index contributed by atoms with van der Waals surface area (Å²) in [6, 6.07) is 8.90. The smallest absolute Gasteiger partial charge is 0.409 e.